The Morgan fingerprint density at radius 3 is 2.45 bits per heavy atom. The summed E-state index contributed by atoms with van der Waals surface area (Å²) >= 11 is 0. The summed E-state index contributed by atoms with van der Waals surface area (Å²) in [5.74, 6) is 3.12. The zero-order chi connectivity index (χ0) is 13.6. The predicted octanol–water partition coefficient (Wildman–Crippen LogP) is 2.95. The number of hydrogen-bond donors (Lipinski definition) is 1. The monoisotopic (exact) mass is 272 g/mol. The van der Waals surface area contributed by atoms with Crippen LogP contribution in [0.1, 0.15) is 44.3 Å². The van der Waals surface area contributed by atoms with Gasteiger partial charge in [-0.25, -0.2) is 5.43 Å². The molecule has 1 N–H and O–H groups in total. The lowest BCUT2D eigenvalue weighted by molar-refractivity contribution is -0.146. The maximum atomic E-state index is 12.6. The molecule has 0 aromatic carbocycles. The largest absolute Gasteiger partial charge is 0.463 e. The van der Waals surface area contributed by atoms with Crippen molar-refractivity contribution < 1.29 is 9.21 Å². The second kappa shape index (κ2) is 4.47. The molecule has 4 fully saturated rings. The van der Waals surface area contributed by atoms with E-state index in [2.05, 4.69) is 10.5 Å². The third kappa shape index (κ3) is 1.98. The molecule has 4 nitrogen and oxygen atoms in total. The minimum absolute atomic E-state index is 0.124. The Morgan fingerprint density at radius 2 is 1.90 bits per heavy atom. The van der Waals surface area contributed by atoms with Crippen LogP contribution in [0.4, 0.5) is 0 Å². The lowest BCUT2D eigenvalue weighted by atomic mass is 9.49. The molecule has 5 rings (SSSR count). The highest BCUT2D eigenvalue weighted by Crippen LogP contribution is 2.60. The van der Waals surface area contributed by atoms with Crippen LogP contribution in [0.15, 0.2) is 27.9 Å². The second-order valence-electron chi connectivity index (χ2n) is 6.91. The summed E-state index contributed by atoms with van der Waals surface area (Å²) in [6, 6.07) is 3.63. The van der Waals surface area contributed by atoms with Gasteiger partial charge in [-0.2, -0.15) is 5.10 Å². The van der Waals surface area contributed by atoms with E-state index in [1.54, 1.807) is 12.5 Å². The Hall–Kier alpha value is -1.58. The first kappa shape index (κ1) is 12.2. The van der Waals surface area contributed by atoms with Crippen LogP contribution in [0.25, 0.3) is 0 Å². The molecule has 1 amide bonds. The summed E-state index contributed by atoms with van der Waals surface area (Å²) in [6.07, 6.45) is 10.4. The van der Waals surface area contributed by atoms with Gasteiger partial charge in [-0.15, -0.1) is 0 Å². The minimum atomic E-state index is -0.130. The predicted molar refractivity (Wildman–Crippen MR) is 75.0 cm³/mol. The number of amides is 1. The van der Waals surface area contributed by atoms with E-state index < -0.39 is 0 Å². The standard InChI is InChI=1S/C16H20N2O2/c19-15(18-17-10-14-2-1-3-20-14)16-7-11-4-12(8-16)6-13(5-11)9-16/h1-3,10-13H,4-9H2,(H,18,19)/b17-10-. The molecule has 1 heterocycles. The van der Waals surface area contributed by atoms with Crippen molar-refractivity contribution in [3.63, 3.8) is 0 Å². The highest BCUT2D eigenvalue weighted by atomic mass is 16.3. The molecule has 106 valence electrons. The zero-order valence-corrected chi connectivity index (χ0v) is 11.5. The van der Waals surface area contributed by atoms with Gasteiger partial charge in [0.15, 0.2) is 0 Å². The van der Waals surface area contributed by atoms with Crippen molar-refractivity contribution in [2.24, 2.45) is 28.3 Å². The molecule has 0 spiro atoms. The molecule has 0 unspecified atom stereocenters. The summed E-state index contributed by atoms with van der Waals surface area (Å²) in [4.78, 5) is 12.6. The Bertz CT molecular complexity index is 497. The van der Waals surface area contributed by atoms with Gasteiger partial charge in [-0.1, -0.05) is 0 Å². The van der Waals surface area contributed by atoms with E-state index in [1.807, 2.05) is 12.1 Å². The molecule has 4 heteroatoms. The molecule has 0 atom stereocenters. The van der Waals surface area contributed by atoms with Crippen LogP contribution in [0, 0.1) is 23.2 Å². The molecule has 0 radical (unpaired) electrons. The van der Waals surface area contributed by atoms with Crippen molar-refractivity contribution in [2.45, 2.75) is 38.5 Å². The Kier molecular flexibility index (Phi) is 2.72. The number of rotatable bonds is 3. The first-order valence-corrected chi connectivity index (χ1v) is 7.60. The number of carbonyl (C=O) groups excluding carboxylic acids is 1. The van der Waals surface area contributed by atoms with Crippen molar-refractivity contribution in [3.8, 4) is 0 Å². The van der Waals surface area contributed by atoms with Gasteiger partial charge in [0.1, 0.15) is 5.76 Å². The highest BCUT2D eigenvalue weighted by molar-refractivity contribution is 5.85. The minimum Gasteiger partial charge on any atom is -0.463 e. The summed E-state index contributed by atoms with van der Waals surface area (Å²) in [5, 5.41) is 4.05. The Labute approximate surface area is 118 Å². The first-order chi connectivity index (χ1) is 9.73. The Balaban J connectivity index is 1.45. The van der Waals surface area contributed by atoms with E-state index in [0.29, 0.717) is 5.76 Å². The molecular formula is C16H20N2O2. The summed E-state index contributed by atoms with van der Waals surface area (Å²) in [6.45, 7) is 0. The van der Waals surface area contributed by atoms with Gasteiger partial charge in [-0.3, -0.25) is 4.79 Å². The maximum absolute atomic E-state index is 12.6. The van der Waals surface area contributed by atoms with Crippen LogP contribution in [0.3, 0.4) is 0 Å². The fourth-order valence-corrected chi connectivity index (χ4v) is 5.03. The van der Waals surface area contributed by atoms with Gasteiger partial charge in [0.2, 0.25) is 5.91 Å². The topological polar surface area (TPSA) is 54.6 Å². The van der Waals surface area contributed by atoms with Gasteiger partial charge < -0.3 is 4.42 Å². The summed E-state index contributed by atoms with van der Waals surface area (Å²) in [5.41, 5.74) is 2.62. The molecule has 4 saturated carbocycles. The lowest BCUT2D eigenvalue weighted by Crippen LogP contribution is -2.52. The van der Waals surface area contributed by atoms with E-state index in [-0.39, 0.29) is 11.3 Å². The van der Waals surface area contributed by atoms with Crippen molar-refractivity contribution >= 4 is 12.1 Å². The van der Waals surface area contributed by atoms with Crippen LogP contribution in [0.2, 0.25) is 0 Å². The van der Waals surface area contributed by atoms with Gasteiger partial charge in [0.05, 0.1) is 17.9 Å². The van der Waals surface area contributed by atoms with Crippen LogP contribution < -0.4 is 5.43 Å². The van der Waals surface area contributed by atoms with E-state index in [1.165, 1.54) is 19.3 Å². The molecule has 1 aromatic rings. The van der Waals surface area contributed by atoms with Crippen LogP contribution in [-0.2, 0) is 4.79 Å². The molecular weight excluding hydrogens is 252 g/mol. The van der Waals surface area contributed by atoms with Crippen molar-refractivity contribution in [1.82, 2.24) is 5.43 Å². The number of hydrazone groups is 1. The zero-order valence-electron chi connectivity index (χ0n) is 11.5. The Morgan fingerprint density at radius 1 is 1.25 bits per heavy atom. The van der Waals surface area contributed by atoms with Crippen molar-refractivity contribution in [3.05, 3.63) is 24.2 Å². The van der Waals surface area contributed by atoms with Crippen LogP contribution >= 0.6 is 0 Å². The second-order valence-corrected chi connectivity index (χ2v) is 6.91. The molecule has 4 aliphatic rings. The van der Waals surface area contributed by atoms with Crippen LogP contribution in [0.5, 0.6) is 0 Å². The van der Waals surface area contributed by atoms with E-state index in [9.17, 15) is 4.79 Å². The first-order valence-electron chi connectivity index (χ1n) is 7.60. The molecule has 4 bridgehead atoms. The van der Waals surface area contributed by atoms with Gasteiger partial charge in [-0.05, 0) is 68.4 Å². The fraction of sp³-hybridized carbons (Fsp3) is 0.625. The molecule has 0 saturated heterocycles. The normalized spacial score (nSPS) is 38.5. The average Bonchev–Trinajstić information content (AvgIpc) is 2.90. The number of carbonyl (C=O) groups is 1. The third-order valence-electron chi connectivity index (χ3n) is 5.42. The summed E-state index contributed by atoms with van der Waals surface area (Å²) < 4.78 is 5.16. The van der Waals surface area contributed by atoms with Crippen molar-refractivity contribution in [1.29, 1.82) is 0 Å². The van der Waals surface area contributed by atoms with Crippen LogP contribution in [-0.4, -0.2) is 12.1 Å². The number of nitrogens with one attached hydrogen (secondary N) is 1. The maximum Gasteiger partial charge on any atom is 0.246 e. The number of nitrogens with zero attached hydrogens (tertiary/aromatic N) is 1. The lowest BCUT2D eigenvalue weighted by Gasteiger charge is -2.55. The van der Waals surface area contributed by atoms with E-state index in [0.717, 1.165) is 37.0 Å². The van der Waals surface area contributed by atoms with Gasteiger partial charge in [0.25, 0.3) is 0 Å². The van der Waals surface area contributed by atoms with E-state index in [4.69, 9.17) is 4.42 Å². The summed E-state index contributed by atoms with van der Waals surface area (Å²) in [7, 11) is 0. The van der Waals surface area contributed by atoms with E-state index >= 15 is 0 Å². The fourth-order valence-electron chi connectivity index (χ4n) is 5.03. The van der Waals surface area contributed by atoms with Gasteiger partial charge >= 0.3 is 0 Å². The third-order valence-corrected chi connectivity index (χ3v) is 5.42. The molecule has 0 aliphatic heterocycles. The SMILES string of the molecule is O=C(N/N=C\c1ccco1)C12CC3CC(CC(C3)C1)C2. The average molecular weight is 272 g/mol. The van der Waals surface area contributed by atoms with Crippen molar-refractivity contribution in [2.75, 3.05) is 0 Å². The quantitative estimate of drug-likeness (QED) is 0.679. The van der Waals surface area contributed by atoms with Gasteiger partial charge in [0, 0.05) is 0 Å². The number of furan rings is 1. The molecule has 1 aromatic heterocycles. The smallest absolute Gasteiger partial charge is 0.246 e. The molecule has 4 aliphatic carbocycles. The highest BCUT2D eigenvalue weighted by Gasteiger charge is 2.54. The molecule has 20 heavy (non-hydrogen) atoms. The number of hydrogen-bond acceptors (Lipinski definition) is 3.